The molecule has 0 radical (unpaired) electrons. The zero-order chi connectivity index (χ0) is 21.3. The number of benzene rings is 3. The second-order valence-electron chi connectivity index (χ2n) is 7.13. The maximum Gasteiger partial charge on any atom is 0.240 e. The number of carbonyl (C=O) groups excluding carboxylic acids is 1. The highest BCUT2D eigenvalue weighted by atomic mass is 16.5. The Morgan fingerprint density at radius 1 is 0.933 bits per heavy atom. The Balaban J connectivity index is 1.79. The summed E-state index contributed by atoms with van der Waals surface area (Å²) in [5.41, 5.74) is 2.72. The highest BCUT2D eigenvalue weighted by Gasteiger charge is 2.33. The molecule has 1 aliphatic heterocycles. The quantitative estimate of drug-likeness (QED) is 0.625. The van der Waals surface area contributed by atoms with Gasteiger partial charge >= 0.3 is 0 Å². The number of fused-ring (bicyclic) bond motifs is 1. The number of rotatable bonds is 5. The molecule has 4 rings (SSSR count). The molecule has 154 valence electrons. The first-order valence-corrected chi connectivity index (χ1v) is 9.72. The Labute approximate surface area is 175 Å². The highest BCUT2D eigenvalue weighted by molar-refractivity contribution is 6.04. The van der Waals surface area contributed by atoms with Gasteiger partial charge in [-0.3, -0.25) is 4.79 Å². The smallest absolute Gasteiger partial charge is 0.240 e. The summed E-state index contributed by atoms with van der Waals surface area (Å²) in [4.78, 5) is 12.5. The summed E-state index contributed by atoms with van der Waals surface area (Å²) >= 11 is 0. The molecule has 0 saturated carbocycles. The van der Waals surface area contributed by atoms with E-state index in [4.69, 9.17) is 14.2 Å². The van der Waals surface area contributed by atoms with Gasteiger partial charge in [0.15, 0.2) is 0 Å². The average molecular weight is 404 g/mol. The molecule has 1 aliphatic rings. The molecule has 6 nitrogen and oxygen atoms in total. The van der Waals surface area contributed by atoms with Crippen LogP contribution in [0.3, 0.4) is 0 Å². The van der Waals surface area contributed by atoms with E-state index >= 15 is 0 Å². The van der Waals surface area contributed by atoms with Crippen molar-refractivity contribution >= 4 is 22.4 Å². The Morgan fingerprint density at radius 3 is 2.20 bits per heavy atom. The number of nitrogens with zero attached hydrogens (tertiary/aromatic N) is 2. The van der Waals surface area contributed by atoms with E-state index in [1.54, 1.807) is 26.3 Å². The van der Waals surface area contributed by atoms with Crippen molar-refractivity contribution in [2.75, 3.05) is 21.3 Å². The predicted molar refractivity (Wildman–Crippen MR) is 116 cm³/mol. The van der Waals surface area contributed by atoms with Crippen LogP contribution in [0, 0.1) is 0 Å². The van der Waals surface area contributed by atoms with E-state index in [-0.39, 0.29) is 11.9 Å². The Bertz CT molecular complexity index is 1120. The van der Waals surface area contributed by atoms with E-state index in [0.717, 1.165) is 33.4 Å². The third-order valence-corrected chi connectivity index (χ3v) is 5.41. The predicted octanol–water partition coefficient (Wildman–Crippen LogP) is 4.56. The Kier molecular flexibility index (Phi) is 5.31. The number of methoxy groups -OCH3 is 3. The second-order valence-corrected chi connectivity index (χ2v) is 7.13. The molecule has 3 aromatic carbocycles. The standard InChI is InChI=1S/C24H24N2O4/c1-15(27)26-23(20-9-10-24(30-4)21-8-6-5-7-19(20)21)14-22(25-26)16-11-17(28-2)13-18(12-16)29-3/h5-13,23H,14H2,1-4H3. The summed E-state index contributed by atoms with van der Waals surface area (Å²) in [6.07, 6.45) is 0.590. The Hall–Kier alpha value is -3.54. The number of amides is 1. The molecular weight excluding hydrogens is 380 g/mol. The lowest BCUT2D eigenvalue weighted by Crippen LogP contribution is -2.24. The molecule has 0 aromatic heterocycles. The van der Waals surface area contributed by atoms with E-state index in [2.05, 4.69) is 11.2 Å². The molecule has 30 heavy (non-hydrogen) atoms. The van der Waals surface area contributed by atoms with Gasteiger partial charge in [0.1, 0.15) is 17.2 Å². The van der Waals surface area contributed by atoms with Crippen molar-refractivity contribution in [1.29, 1.82) is 0 Å². The molecule has 0 spiro atoms. The van der Waals surface area contributed by atoms with Crippen LogP contribution >= 0.6 is 0 Å². The minimum Gasteiger partial charge on any atom is -0.497 e. The number of carbonyl (C=O) groups is 1. The molecule has 0 aliphatic carbocycles. The second kappa shape index (κ2) is 8.06. The summed E-state index contributed by atoms with van der Waals surface area (Å²) in [7, 11) is 4.89. The van der Waals surface area contributed by atoms with Crippen LogP contribution in [0.25, 0.3) is 10.8 Å². The van der Waals surface area contributed by atoms with E-state index in [1.807, 2.05) is 48.5 Å². The van der Waals surface area contributed by atoms with Crippen LogP contribution in [0.15, 0.2) is 59.7 Å². The van der Waals surface area contributed by atoms with Gasteiger partial charge in [-0.2, -0.15) is 5.10 Å². The molecule has 0 fully saturated rings. The number of hydrogen-bond acceptors (Lipinski definition) is 5. The molecule has 6 heteroatoms. The van der Waals surface area contributed by atoms with Gasteiger partial charge in [-0.25, -0.2) is 5.01 Å². The van der Waals surface area contributed by atoms with Crippen LogP contribution < -0.4 is 14.2 Å². The maximum atomic E-state index is 12.5. The lowest BCUT2D eigenvalue weighted by molar-refractivity contribution is -0.130. The van der Waals surface area contributed by atoms with Crippen molar-refractivity contribution in [3.63, 3.8) is 0 Å². The van der Waals surface area contributed by atoms with Crippen molar-refractivity contribution in [3.05, 3.63) is 65.7 Å². The van der Waals surface area contributed by atoms with Crippen molar-refractivity contribution in [1.82, 2.24) is 5.01 Å². The van der Waals surface area contributed by atoms with E-state index < -0.39 is 0 Å². The summed E-state index contributed by atoms with van der Waals surface area (Å²) in [5, 5.41) is 8.30. The fourth-order valence-corrected chi connectivity index (χ4v) is 3.95. The summed E-state index contributed by atoms with van der Waals surface area (Å²) in [5.74, 6) is 2.06. The molecule has 1 heterocycles. The van der Waals surface area contributed by atoms with E-state index in [9.17, 15) is 4.79 Å². The summed E-state index contributed by atoms with van der Waals surface area (Å²) < 4.78 is 16.3. The van der Waals surface area contributed by atoms with Crippen LogP contribution in [0.5, 0.6) is 17.2 Å². The van der Waals surface area contributed by atoms with Gasteiger partial charge in [0.25, 0.3) is 0 Å². The van der Waals surface area contributed by atoms with Crippen LogP contribution in [-0.4, -0.2) is 38.0 Å². The first-order valence-electron chi connectivity index (χ1n) is 9.72. The lowest BCUT2D eigenvalue weighted by Gasteiger charge is -2.22. The van der Waals surface area contributed by atoms with Gasteiger partial charge in [0.05, 0.1) is 33.1 Å². The van der Waals surface area contributed by atoms with Crippen LogP contribution in [0.4, 0.5) is 0 Å². The zero-order valence-corrected chi connectivity index (χ0v) is 17.5. The van der Waals surface area contributed by atoms with Crippen molar-refractivity contribution in [2.24, 2.45) is 5.10 Å². The van der Waals surface area contributed by atoms with Gasteiger partial charge < -0.3 is 14.2 Å². The van der Waals surface area contributed by atoms with Gasteiger partial charge in [0.2, 0.25) is 5.91 Å². The van der Waals surface area contributed by atoms with Gasteiger partial charge in [-0.15, -0.1) is 0 Å². The molecule has 1 amide bonds. The molecule has 0 bridgehead atoms. The minimum absolute atomic E-state index is 0.107. The van der Waals surface area contributed by atoms with E-state index in [1.165, 1.54) is 6.92 Å². The third kappa shape index (κ3) is 3.45. The largest absolute Gasteiger partial charge is 0.497 e. The lowest BCUT2D eigenvalue weighted by atomic mass is 9.93. The third-order valence-electron chi connectivity index (χ3n) is 5.41. The number of ether oxygens (including phenoxy) is 3. The topological polar surface area (TPSA) is 60.4 Å². The van der Waals surface area contributed by atoms with Crippen molar-refractivity contribution < 1.29 is 19.0 Å². The van der Waals surface area contributed by atoms with Crippen molar-refractivity contribution in [2.45, 2.75) is 19.4 Å². The SMILES string of the molecule is COc1cc(OC)cc(C2=NN(C(C)=O)C(c3ccc(OC)c4ccccc34)C2)c1. The van der Waals surface area contributed by atoms with E-state index in [0.29, 0.717) is 17.9 Å². The minimum atomic E-state index is -0.203. The van der Waals surface area contributed by atoms with Crippen molar-refractivity contribution in [3.8, 4) is 17.2 Å². The Morgan fingerprint density at radius 2 is 1.60 bits per heavy atom. The summed E-state index contributed by atoms with van der Waals surface area (Å²) in [6.45, 7) is 1.54. The first kappa shape index (κ1) is 19.8. The normalized spacial score (nSPS) is 15.8. The van der Waals surface area contributed by atoms with Crippen LogP contribution in [0.2, 0.25) is 0 Å². The number of hydrazone groups is 1. The van der Waals surface area contributed by atoms with Gasteiger partial charge in [-0.1, -0.05) is 30.3 Å². The first-order chi connectivity index (χ1) is 14.5. The molecule has 0 N–H and O–H groups in total. The van der Waals surface area contributed by atoms with Crippen LogP contribution in [-0.2, 0) is 4.79 Å². The highest BCUT2D eigenvalue weighted by Crippen LogP contribution is 2.39. The summed E-state index contributed by atoms with van der Waals surface area (Å²) in [6, 6.07) is 17.5. The van der Waals surface area contributed by atoms with Crippen LogP contribution in [0.1, 0.15) is 30.5 Å². The molecule has 1 atom stereocenters. The van der Waals surface area contributed by atoms with Gasteiger partial charge in [-0.05, 0) is 29.1 Å². The molecule has 0 saturated heterocycles. The van der Waals surface area contributed by atoms with Gasteiger partial charge in [0, 0.05) is 30.4 Å². The fourth-order valence-electron chi connectivity index (χ4n) is 3.95. The zero-order valence-electron chi connectivity index (χ0n) is 17.5. The fraction of sp³-hybridized carbons (Fsp3) is 0.250. The monoisotopic (exact) mass is 404 g/mol. The molecule has 1 unspecified atom stereocenters. The average Bonchev–Trinajstić information content (AvgIpc) is 3.23. The maximum absolute atomic E-state index is 12.5. The molecule has 3 aromatic rings. The number of hydrogen-bond donors (Lipinski definition) is 0. The molecular formula is C24H24N2O4.